The third kappa shape index (κ3) is 4.98. The second-order valence-electron chi connectivity index (χ2n) is 16.1. The first-order chi connectivity index (χ1) is 35.1. The van der Waals surface area contributed by atoms with Crippen molar-refractivity contribution in [3.63, 3.8) is 0 Å². The molecule has 64 heavy (non-hydrogen) atoms. The number of para-hydroxylation sites is 7. The summed E-state index contributed by atoms with van der Waals surface area (Å²) in [6.07, 6.45) is 0. The van der Waals surface area contributed by atoms with E-state index in [1.807, 2.05) is 114 Å². The van der Waals surface area contributed by atoms with E-state index in [4.69, 9.17) is 14.9 Å². The van der Waals surface area contributed by atoms with Gasteiger partial charge in [0.2, 0.25) is 0 Å². The molecule has 0 fully saturated rings. The van der Waals surface area contributed by atoms with E-state index in [9.17, 15) is 5.48 Å². The van der Waals surface area contributed by atoms with E-state index in [1.165, 1.54) is 0 Å². The predicted octanol–water partition coefficient (Wildman–Crippen LogP) is 15.6. The van der Waals surface area contributed by atoms with E-state index in [2.05, 4.69) is 65.2 Å². The second kappa shape index (κ2) is 13.4. The number of nitrogens with zero attached hydrogens (tertiary/aromatic N) is 4. The molecule has 298 valence electrons. The fourth-order valence-corrected chi connectivity index (χ4v) is 10.0. The van der Waals surface area contributed by atoms with E-state index < -0.39 is 0 Å². The minimum absolute atomic E-state index is 0.158. The number of fused-ring (bicyclic) bond motifs is 12. The number of aromatic nitrogens is 4. The molecule has 5 heterocycles. The Labute approximate surface area is 378 Å². The van der Waals surface area contributed by atoms with Crippen molar-refractivity contribution < 1.29 is 15.4 Å². The summed E-state index contributed by atoms with van der Waals surface area (Å²) in [5.74, 6) is 0.321. The summed E-state index contributed by atoms with van der Waals surface area (Å²) in [6, 6.07) is 53.5. The number of benzene rings is 9. The zero-order valence-electron chi connectivity index (χ0n) is 41.9. The van der Waals surface area contributed by atoms with Crippen LogP contribution in [0.15, 0.2) is 223 Å². The second-order valence-corrected chi connectivity index (χ2v) is 16.1. The molecular formula is C59H36N4O. The predicted molar refractivity (Wildman–Crippen MR) is 265 cm³/mol. The lowest BCUT2D eigenvalue weighted by atomic mass is 9.94. The Kier molecular flexibility index (Phi) is 5.88. The van der Waals surface area contributed by atoms with Crippen LogP contribution in [0.4, 0.5) is 0 Å². The number of hydrogen-bond donors (Lipinski definition) is 0. The molecule has 0 unspecified atom stereocenters. The highest BCUT2D eigenvalue weighted by molar-refractivity contribution is 6.13. The molecule has 9 aromatic carbocycles. The summed E-state index contributed by atoms with van der Waals surface area (Å²) in [5, 5.41) is 6.08. The summed E-state index contributed by atoms with van der Waals surface area (Å²) in [7, 11) is 0. The van der Waals surface area contributed by atoms with Crippen molar-refractivity contribution in [2.75, 3.05) is 0 Å². The van der Waals surface area contributed by atoms with Gasteiger partial charge in [-0.05, 0) is 77.8 Å². The van der Waals surface area contributed by atoms with Crippen LogP contribution in [0.2, 0.25) is 0 Å². The molecule has 14 aromatic rings. The molecule has 0 atom stereocenters. The fourth-order valence-electron chi connectivity index (χ4n) is 10.0. The standard InChI is InChI=1S/C59H36N4O/c1-8-24-49-40(16-1)41-17-2-9-25-50(41)61(49)38-35-48(60-58(36-38)63-53-28-12-5-20-44(53)45-21-6-13-29-54(45)63)59-39(37-32-33-47-46-22-7-14-31-56(46)64-57(47)34-37)23-15-30-55(59)62-51-26-10-3-18-42(51)43-19-4-11-27-52(43)62/h1-36H/i1D,5D,8D,12D,16D,20D,24D,28D. The Hall–Kier alpha value is -8.67. The molecule has 5 nitrogen and oxygen atoms in total. The minimum atomic E-state index is -0.383. The van der Waals surface area contributed by atoms with Gasteiger partial charge in [0.05, 0.1) is 61.1 Å². The van der Waals surface area contributed by atoms with E-state index >= 15 is 0 Å². The van der Waals surface area contributed by atoms with Crippen LogP contribution in [-0.4, -0.2) is 18.7 Å². The number of rotatable bonds is 5. The smallest absolute Gasteiger partial charge is 0.140 e. The van der Waals surface area contributed by atoms with Gasteiger partial charge in [-0.3, -0.25) is 4.57 Å². The largest absolute Gasteiger partial charge is 0.456 e. The first kappa shape index (κ1) is 28.0. The van der Waals surface area contributed by atoms with Crippen LogP contribution in [0.1, 0.15) is 11.0 Å². The summed E-state index contributed by atoms with van der Waals surface area (Å²) in [4.78, 5) is 5.63. The zero-order chi connectivity index (χ0) is 48.8. The van der Waals surface area contributed by atoms with Crippen LogP contribution in [0.25, 0.3) is 127 Å². The first-order valence-electron chi connectivity index (χ1n) is 25.1. The van der Waals surface area contributed by atoms with Gasteiger partial charge in [0.25, 0.3) is 0 Å². The molecule has 5 aromatic heterocycles. The Morgan fingerprint density at radius 2 is 0.922 bits per heavy atom. The average Bonchev–Trinajstić information content (AvgIpc) is 4.17. The molecule has 0 aliphatic heterocycles. The normalized spacial score (nSPS) is 13.8. The van der Waals surface area contributed by atoms with Gasteiger partial charge in [-0.1, -0.05) is 145 Å². The zero-order valence-corrected chi connectivity index (χ0v) is 33.9. The molecule has 5 heteroatoms. The molecule has 0 aliphatic rings. The minimum Gasteiger partial charge on any atom is -0.456 e. The molecule has 0 radical (unpaired) electrons. The van der Waals surface area contributed by atoms with Crippen molar-refractivity contribution in [1.29, 1.82) is 0 Å². The van der Waals surface area contributed by atoms with E-state index in [-0.39, 0.29) is 59.4 Å². The lowest BCUT2D eigenvalue weighted by molar-refractivity contribution is 0.669. The Balaban J connectivity index is 1.18. The van der Waals surface area contributed by atoms with Crippen LogP contribution in [0.5, 0.6) is 0 Å². The quantitative estimate of drug-likeness (QED) is 0.173. The number of hydrogen-bond acceptors (Lipinski definition) is 2. The highest BCUT2D eigenvalue weighted by atomic mass is 16.3. The van der Waals surface area contributed by atoms with E-state index in [0.29, 0.717) is 55.4 Å². The van der Waals surface area contributed by atoms with Gasteiger partial charge in [-0.2, -0.15) is 0 Å². The number of pyridine rings is 1. The van der Waals surface area contributed by atoms with Crippen molar-refractivity contribution in [3.05, 3.63) is 218 Å². The first-order valence-corrected chi connectivity index (χ1v) is 21.1. The maximum Gasteiger partial charge on any atom is 0.140 e. The van der Waals surface area contributed by atoms with E-state index in [0.717, 1.165) is 60.5 Å². The third-order valence-corrected chi connectivity index (χ3v) is 12.7. The Morgan fingerprint density at radius 3 is 1.59 bits per heavy atom. The summed E-state index contributed by atoms with van der Waals surface area (Å²) in [6.45, 7) is 0. The summed E-state index contributed by atoms with van der Waals surface area (Å²) in [5.41, 5.74) is 9.39. The van der Waals surface area contributed by atoms with Gasteiger partial charge in [0.15, 0.2) is 0 Å². The Morgan fingerprint density at radius 1 is 0.391 bits per heavy atom. The SMILES string of the molecule is [2H]c1c([2H])c([2H])c2c(c1[2H])c1ccccc1n2-c1cc(-c2c(-c3ccc4c(c3)oc3ccccc34)cccc2-n2c3ccccc3c3ccccc32)nc(-n2c3ccccc3c3c([2H])c([2H])c([2H])c([2H])c32)c1. The molecule has 0 N–H and O–H groups in total. The van der Waals surface area contributed by atoms with Crippen LogP contribution in [0, 0.1) is 0 Å². The summed E-state index contributed by atoms with van der Waals surface area (Å²) >= 11 is 0. The third-order valence-electron chi connectivity index (χ3n) is 12.7. The number of furan rings is 1. The lowest BCUT2D eigenvalue weighted by Crippen LogP contribution is -2.05. The molecule has 0 saturated carbocycles. The van der Waals surface area contributed by atoms with Crippen molar-refractivity contribution in [1.82, 2.24) is 18.7 Å². The van der Waals surface area contributed by atoms with Crippen LogP contribution >= 0.6 is 0 Å². The highest BCUT2D eigenvalue weighted by Crippen LogP contribution is 2.44. The van der Waals surface area contributed by atoms with Crippen molar-refractivity contribution in [2.24, 2.45) is 0 Å². The Bertz CT molecular complexity index is 4490. The van der Waals surface area contributed by atoms with Gasteiger partial charge in [-0.25, -0.2) is 4.98 Å². The van der Waals surface area contributed by atoms with Gasteiger partial charge in [0, 0.05) is 54.7 Å². The molecule has 0 bridgehead atoms. The maximum atomic E-state index is 9.48. The van der Waals surface area contributed by atoms with Crippen LogP contribution < -0.4 is 0 Å². The molecule has 0 spiro atoms. The van der Waals surface area contributed by atoms with Gasteiger partial charge in [0.1, 0.15) is 17.0 Å². The summed E-state index contributed by atoms with van der Waals surface area (Å²) < 4.78 is 85.2. The molecule has 14 rings (SSSR count). The van der Waals surface area contributed by atoms with Gasteiger partial charge >= 0.3 is 0 Å². The maximum absolute atomic E-state index is 9.48. The van der Waals surface area contributed by atoms with Crippen molar-refractivity contribution in [3.8, 4) is 39.6 Å². The van der Waals surface area contributed by atoms with Gasteiger partial charge in [-0.15, -0.1) is 0 Å². The highest BCUT2D eigenvalue weighted by Gasteiger charge is 2.24. The molecular weight excluding hydrogens is 781 g/mol. The van der Waals surface area contributed by atoms with Crippen LogP contribution in [-0.2, 0) is 0 Å². The monoisotopic (exact) mass is 824 g/mol. The van der Waals surface area contributed by atoms with Crippen molar-refractivity contribution >= 4 is 87.4 Å². The van der Waals surface area contributed by atoms with E-state index in [1.54, 1.807) is 4.57 Å². The molecule has 0 saturated heterocycles. The average molecular weight is 825 g/mol. The van der Waals surface area contributed by atoms with Crippen LogP contribution in [0.3, 0.4) is 0 Å². The lowest BCUT2D eigenvalue weighted by Gasteiger charge is -2.20. The fraction of sp³-hybridized carbons (Fsp3) is 0. The van der Waals surface area contributed by atoms with Gasteiger partial charge < -0.3 is 13.6 Å². The molecule has 0 amide bonds. The molecule has 0 aliphatic carbocycles. The topological polar surface area (TPSA) is 40.8 Å². The van der Waals surface area contributed by atoms with Crippen molar-refractivity contribution in [2.45, 2.75) is 0 Å².